The van der Waals surface area contributed by atoms with Gasteiger partial charge in [0.25, 0.3) is 11.6 Å². The predicted molar refractivity (Wildman–Crippen MR) is 132 cm³/mol. The van der Waals surface area contributed by atoms with Crippen LogP contribution < -0.4 is 14.9 Å². The summed E-state index contributed by atoms with van der Waals surface area (Å²) in [6.45, 7) is 0.374. The second-order valence-electron chi connectivity index (χ2n) is 6.42. The fourth-order valence-corrected chi connectivity index (χ4v) is 3.79. The van der Waals surface area contributed by atoms with Crippen LogP contribution in [0.2, 0.25) is 0 Å². The van der Waals surface area contributed by atoms with Crippen molar-refractivity contribution in [3.8, 4) is 11.5 Å². The van der Waals surface area contributed by atoms with Gasteiger partial charge in [-0.2, -0.15) is 5.10 Å². The first-order valence-electron chi connectivity index (χ1n) is 9.20. The smallest absolute Gasteiger partial charge is 0.282 e. The van der Waals surface area contributed by atoms with E-state index in [2.05, 4.69) is 49.0 Å². The molecule has 0 atom stereocenters. The van der Waals surface area contributed by atoms with Gasteiger partial charge in [-0.3, -0.25) is 14.9 Å². The van der Waals surface area contributed by atoms with Crippen LogP contribution in [0.1, 0.15) is 21.5 Å². The summed E-state index contributed by atoms with van der Waals surface area (Å²) in [5, 5.41) is 15.0. The summed E-state index contributed by atoms with van der Waals surface area (Å²) in [5.74, 6) is 0.433. The van der Waals surface area contributed by atoms with Gasteiger partial charge in [-0.05, 0) is 64.0 Å². The quantitative estimate of drug-likeness (QED) is 0.161. The van der Waals surface area contributed by atoms with Gasteiger partial charge in [-0.25, -0.2) is 5.43 Å². The van der Waals surface area contributed by atoms with E-state index in [1.807, 2.05) is 30.3 Å². The van der Waals surface area contributed by atoms with E-state index < -0.39 is 10.8 Å². The van der Waals surface area contributed by atoms with Gasteiger partial charge in [-0.15, -0.1) is 0 Å². The molecule has 0 aliphatic heterocycles. The lowest BCUT2D eigenvalue weighted by Crippen LogP contribution is -2.19. The highest BCUT2D eigenvalue weighted by molar-refractivity contribution is 14.1. The maximum Gasteiger partial charge on any atom is 0.282 e. The highest BCUT2D eigenvalue weighted by Gasteiger charge is 2.18. The van der Waals surface area contributed by atoms with Crippen molar-refractivity contribution in [3.05, 3.63) is 95.5 Å². The molecule has 164 valence electrons. The lowest BCUT2D eigenvalue weighted by Gasteiger charge is -2.13. The molecule has 0 bridgehead atoms. The van der Waals surface area contributed by atoms with E-state index >= 15 is 0 Å². The van der Waals surface area contributed by atoms with Crippen molar-refractivity contribution in [2.45, 2.75) is 6.61 Å². The molecule has 3 aromatic carbocycles. The number of carbonyl (C=O) groups is 1. The monoisotopic (exact) mass is 609 g/mol. The summed E-state index contributed by atoms with van der Waals surface area (Å²) < 4.78 is 13.2. The molecule has 0 saturated carbocycles. The third-order valence-corrected chi connectivity index (χ3v) is 5.60. The third kappa shape index (κ3) is 6.04. The number of nitro benzene ring substituents is 1. The van der Waals surface area contributed by atoms with Gasteiger partial charge >= 0.3 is 0 Å². The van der Waals surface area contributed by atoms with Crippen LogP contribution in [-0.2, 0) is 6.61 Å². The molecule has 3 rings (SSSR count). The topological polar surface area (TPSA) is 103 Å². The molecule has 0 unspecified atom stereocenters. The van der Waals surface area contributed by atoms with Crippen LogP contribution >= 0.6 is 38.5 Å². The number of nitrogens with zero attached hydrogens (tertiary/aromatic N) is 2. The first kappa shape index (κ1) is 23.7. The number of ether oxygens (including phenoxy) is 2. The number of hydrogen-bond acceptors (Lipinski definition) is 6. The maximum absolute atomic E-state index is 12.3. The molecular weight excluding hydrogens is 593 g/mol. The van der Waals surface area contributed by atoms with Crippen LogP contribution in [0.5, 0.6) is 11.5 Å². The minimum atomic E-state index is -0.676. The van der Waals surface area contributed by atoms with Crippen molar-refractivity contribution in [3.63, 3.8) is 0 Å². The van der Waals surface area contributed by atoms with Crippen molar-refractivity contribution >= 4 is 56.3 Å². The molecule has 1 N–H and O–H groups in total. The number of nitrogens with one attached hydrogen (secondary N) is 1. The van der Waals surface area contributed by atoms with Crippen molar-refractivity contribution in [2.24, 2.45) is 5.10 Å². The highest BCUT2D eigenvalue weighted by Crippen LogP contribution is 2.34. The number of carbonyl (C=O) groups excluding carboxylic acids is 1. The van der Waals surface area contributed by atoms with Crippen LogP contribution in [0.25, 0.3) is 0 Å². The van der Waals surface area contributed by atoms with E-state index in [1.165, 1.54) is 31.5 Å². The predicted octanol–water partition coefficient (Wildman–Crippen LogP) is 5.31. The number of methoxy groups -OCH3 is 1. The molecule has 8 nitrogen and oxygen atoms in total. The number of amides is 1. The Hall–Kier alpha value is -2.99. The maximum atomic E-state index is 12.3. The average molecular weight is 610 g/mol. The van der Waals surface area contributed by atoms with E-state index in [4.69, 9.17) is 9.47 Å². The number of para-hydroxylation sites is 1. The summed E-state index contributed by atoms with van der Waals surface area (Å²) in [6.07, 6.45) is 1.43. The SMILES string of the molecule is COc1cc(/C=N\NC(=O)c2ccccc2[N+](=O)[O-])cc(I)c1OCc1ccc(Br)cc1. The van der Waals surface area contributed by atoms with Crippen LogP contribution in [0.4, 0.5) is 5.69 Å². The van der Waals surface area contributed by atoms with E-state index in [-0.39, 0.29) is 11.3 Å². The van der Waals surface area contributed by atoms with Gasteiger partial charge in [0.1, 0.15) is 12.2 Å². The van der Waals surface area contributed by atoms with Crippen molar-refractivity contribution in [2.75, 3.05) is 7.11 Å². The molecule has 0 aliphatic carbocycles. The van der Waals surface area contributed by atoms with E-state index in [1.54, 1.807) is 12.1 Å². The van der Waals surface area contributed by atoms with E-state index in [0.717, 1.165) is 13.6 Å². The average Bonchev–Trinajstić information content (AvgIpc) is 2.79. The molecule has 3 aromatic rings. The fraction of sp³-hybridized carbons (Fsp3) is 0.0909. The number of hydrazone groups is 1. The first-order valence-corrected chi connectivity index (χ1v) is 11.1. The van der Waals surface area contributed by atoms with Gasteiger partial charge in [0.2, 0.25) is 0 Å². The lowest BCUT2D eigenvalue weighted by molar-refractivity contribution is -0.385. The Balaban J connectivity index is 1.71. The number of halogens is 2. The Morgan fingerprint density at radius 3 is 2.62 bits per heavy atom. The highest BCUT2D eigenvalue weighted by atomic mass is 127. The molecule has 0 aliphatic rings. The minimum absolute atomic E-state index is 0.0708. The van der Waals surface area contributed by atoms with Crippen LogP contribution in [0, 0.1) is 13.7 Å². The molecule has 10 heteroatoms. The molecular formula is C22H17BrIN3O5. The van der Waals surface area contributed by atoms with Crippen molar-refractivity contribution in [1.82, 2.24) is 5.43 Å². The molecule has 1 amide bonds. The lowest BCUT2D eigenvalue weighted by atomic mass is 10.2. The third-order valence-electron chi connectivity index (χ3n) is 4.27. The van der Waals surface area contributed by atoms with Gasteiger partial charge in [-0.1, -0.05) is 40.2 Å². The standard InChI is InChI=1S/C22H17BrIN3O5/c1-31-20-11-15(10-18(24)21(20)32-13-14-6-8-16(23)9-7-14)12-25-26-22(28)17-4-2-3-5-19(17)27(29)30/h2-12H,13H2,1H3,(H,26,28)/b25-12-. The largest absolute Gasteiger partial charge is 0.493 e. The van der Waals surface area contributed by atoms with Crippen LogP contribution in [0.3, 0.4) is 0 Å². The zero-order valence-electron chi connectivity index (χ0n) is 16.7. The Bertz CT molecular complexity index is 1170. The number of hydrogen-bond donors (Lipinski definition) is 1. The van der Waals surface area contributed by atoms with Crippen LogP contribution in [0.15, 0.2) is 70.2 Å². The second kappa shape index (κ2) is 11.0. The Morgan fingerprint density at radius 2 is 1.94 bits per heavy atom. The van der Waals surface area contributed by atoms with Gasteiger partial charge in [0.05, 0.1) is 21.8 Å². The molecule has 0 saturated heterocycles. The van der Waals surface area contributed by atoms with Gasteiger partial charge in [0.15, 0.2) is 11.5 Å². The number of nitro groups is 1. The van der Waals surface area contributed by atoms with E-state index in [9.17, 15) is 14.9 Å². The Morgan fingerprint density at radius 1 is 1.22 bits per heavy atom. The van der Waals surface area contributed by atoms with Gasteiger partial charge < -0.3 is 9.47 Å². The van der Waals surface area contributed by atoms with E-state index in [0.29, 0.717) is 23.7 Å². The zero-order chi connectivity index (χ0) is 23.1. The van der Waals surface area contributed by atoms with Gasteiger partial charge in [0, 0.05) is 10.5 Å². The number of benzene rings is 3. The Labute approximate surface area is 206 Å². The second-order valence-corrected chi connectivity index (χ2v) is 8.50. The number of rotatable bonds is 8. The Kier molecular flexibility index (Phi) is 8.17. The molecule has 0 heterocycles. The zero-order valence-corrected chi connectivity index (χ0v) is 20.5. The summed E-state index contributed by atoms with van der Waals surface area (Å²) in [6, 6.07) is 17.0. The fourth-order valence-electron chi connectivity index (χ4n) is 2.74. The molecule has 0 radical (unpaired) electrons. The van der Waals surface area contributed by atoms with Crippen molar-refractivity contribution in [1.29, 1.82) is 0 Å². The minimum Gasteiger partial charge on any atom is -0.493 e. The molecule has 0 fully saturated rings. The molecule has 0 spiro atoms. The van der Waals surface area contributed by atoms with Crippen LogP contribution in [-0.4, -0.2) is 24.2 Å². The molecule has 32 heavy (non-hydrogen) atoms. The summed E-state index contributed by atoms with van der Waals surface area (Å²) >= 11 is 5.54. The summed E-state index contributed by atoms with van der Waals surface area (Å²) in [5.41, 5.74) is 3.62. The van der Waals surface area contributed by atoms with Crippen molar-refractivity contribution < 1.29 is 19.2 Å². The normalized spacial score (nSPS) is 10.7. The molecule has 0 aromatic heterocycles. The summed E-state index contributed by atoms with van der Waals surface area (Å²) in [4.78, 5) is 22.7. The summed E-state index contributed by atoms with van der Waals surface area (Å²) in [7, 11) is 1.54. The first-order chi connectivity index (χ1) is 15.4.